The molecule has 0 amide bonds. The number of nitrogens with two attached hydrogens (primary N) is 1. The highest BCUT2D eigenvalue weighted by atomic mass is 32.1. The zero-order valence-corrected chi connectivity index (χ0v) is 12.4. The van der Waals surface area contributed by atoms with E-state index in [1.807, 2.05) is 24.3 Å². The largest absolute Gasteiger partial charge is 0.490 e. The summed E-state index contributed by atoms with van der Waals surface area (Å²) in [5.41, 5.74) is 6.41. The quantitative estimate of drug-likeness (QED) is 0.618. The SMILES string of the molecule is NC(=S)c1ccccc1OCCOCC1CCCCO1. The maximum absolute atomic E-state index is 5.65. The van der Waals surface area contributed by atoms with Gasteiger partial charge in [0.15, 0.2) is 0 Å². The zero-order chi connectivity index (χ0) is 14.2. The fraction of sp³-hybridized carbons (Fsp3) is 0.533. The molecule has 110 valence electrons. The summed E-state index contributed by atoms with van der Waals surface area (Å²) >= 11 is 4.99. The van der Waals surface area contributed by atoms with Gasteiger partial charge in [0, 0.05) is 6.61 Å². The van der Waals surface area contributed by atoms with Crippen LogP contribution in [0.1, 0.15) is 24.8 Å². The van der Waals surface area contributed by atoms with Gasteiger partial charge in [0.25, 0.3) is 0 Å². The second-order valence-electron chi connectivity index (χ2n) is 4.77. The maximum atomic E-state index is 5.65. The van der Waals surface area contributed by atoms with Gasteiger partial charge >= 0.3 is 0 Å². The second-order valence-corrected chi connectivity index (χ2v) is 5.21. The lowest BCUT2D eigenvalue weighted by Gasteiger charge is -2.22. The summed E-state index contributed by atoms with van der Waals surface area (Å²) in [7, 11) is 0. The summed E-state index contributed by atoms with van der Waals surface area (Å²) in [4.78, 5) is 0.345. The highest BCUT2D eigenvalue weighted by Crippen LogP contribution is 2.17. The van der Waals surface area contributed by atoms with E-state index in [0.29, 0.717) is 30.6 Å². The predicted molar refractivity (Wildman–Crippen MR) is 82.2 cm³/mol. The molecule has 5 heteroatoms. The minimum absolute atomic E-state index is 0.243. The van der Waals surface area contributed by atoms with Crippen molar-refractivity contribution in [3.8, 4) is 5.75 Å². The third-order valence-corrected chi connectivity index (χ3v) is 3.44. The van der Waals surface area contributed by atoms with Crippen LogP contribution >= 0.6 is 12.2 Å². The number of thiocarbonyl (C=S) groups is 1. The van der Waals surface area contributed by atoms with Crippen molar-refractivity contribution in [3.05, 3.63) is 29.8 Å². The van der Waals surface area contributed by atoms with Crippen LogP contribution in [0.2, 0.25) is 0 Å². The average Bonchev–Trinajstić information content (AvgIpc) is 2.48. The van der Waals surface area contributed by atoms with Gasteiger partial charge in [-0.25, -0.2) is 0 Å². The molecule has 1 saturated heterocycles. The van der Waals surface area contributed by atoms with Gasteiger partial charge in [-0.15, -0.1) is 0 Å². The molecule has 0 aliphatic carbocycles. The Kier molecular flexibility index (Phi) is 6.24. The normalized spacial score (nSPS) is 18.7. The van der Waals surface area contributed by atoms with Gasteiger partial charge in [0.05, 0.1) is 24.9 Å². The Balaban J connectivity index is 1.67. The number of rotatable bonds is 7. The molecule has 1 fully saturated rings. The summed E-state index contributed by atoms with van der Waals surface area (Å²) in [6.45, 7) is 2.50. The Morgan fingerprint density at radius 2 is 2.15 bits per heavy atom. The van der Waals surface area contributed by atoms with E-state index in [-0.39, 0.29) is 6.10 Å². The molecule has 2 rings (SSSR count). The van der Waals surface area contributed by atoms with Crippen molar-refractivity contribution in [2.45, 2.75) is 25.4 Å². The topological polar surface area (TPSA) is 53.7 Å². The van der Waals surface area contributed by atoms with Crippen molar-refractivity contribution in [2.75, 3.05) is 26.4 Å². The molecule has 2 N–H and O–H groups in total. The fourth-order valence-corrected chi connectivity index (χ4v) is 2.33. The summed E-state index contributed by atoms with van der Waals surface area (Å²) in [5, 5.41) is 0. The zero-order valence-electron chi connectivity index (χ0n) is 11.5. The van der Waals surface area contributed by atoms with Crippen LogP contribution in [0, 0.1) is 0 Å². The molecule has 1 aromatic carbocycles. The van der Waals surface area contributed by atoms with Crippen molar-refractivity contribution in [3.63, 3.8) is 0 Å². The molecule has 4 nitrogen and oxygen atoms in total. The molecular weight excluding hydrogens is 274 g/mol. The molecule has 1 aliphatic rings. The smallest absolute Gasteiger partial charge is 0.129 e. The van der Waals surface area contributed by atoms with Gasteiger partial charge < -0.3 is 19.9 Å². The Labute approximate surface area is 125 Å². The van der Waals surface area contributed by atoms with E-state index in [9.17, 15) is 0 Å². The molecule has 0 bridgehead atoms. The molecule has 20 heavy (non-hydrogen) atoms. The van der Waals surface area contributed by atoms with E-state index in [1.165, 1.54) is 6.42 Å². The monoisotopic (exact) mass is 295 g/mol. The van der Waals surface area contributed by atoms with Gasteiger partial charge in [0.2, 0.25) is 0 Å². The van der Waals surface area contributed by atoms with Gasteiger partial charge in [-0.3, -0.25) is 0 Å². The van der Waals surface area contributed by atoms with Crippen LogP contribution in [0.3, 0.4) is 0 Å². The van der Waals surface area contributed by atoms with Crippen LogP contribution in [0.15, 0.2) is 24.3 Å². The molecule has 0 spiro atoms. The van der Waals surface area contributed by atoms with Gasteiger partial charge in [-0.1, -0.05) is 24.4 Å². The van der Waals surface area contributed by atoms with Crippen LogP contribution in [0.4, 0.5) is 0 Å². The highest BCUT2D eigenvalue weighted by molar-refractivity contribution is 7.80. The van der Waals surface area contributed by atoms with E-state index in [0.717, 1.165) is 25.0 Å². The summed E-state index contributed by atoms with van der Waals surface area (Å²) in [6, 6.07) is 7.50. The van der Waals surface area contributed by atoms with Crippen molar-refractivity contribution < 1.29 is 14.2 Å². The minimum atomic E-state index is 0.243. The Morgan fingerprint density at radius 3 is 2.90 bits per heavy atom. The van der Waals surface area contributed by atoms with Gasteiger partial charge in [-0.05, 0) is 31.4 Å². The third kappa shape index (κ3) is 4.74. The Hall–Kier alpha value is -1.17. The first-order chi connectivity index (χ1) is 9.77. The lowest BCUT2D eigenvalue weighted by atomic mass is 10.1. The van der Waals surface area contributed by atoms with E-state index in [4.69, 9.17) is 32.2 Å². The molecule has 1 heterocycles. The van der Waals surface area contributed by atoms with Crippen LogP contribution in [0.25, 0.3) is 0 Å². The summed E-state index contributed by atoms with van der Waals surface area (Å²) < 4.78 is 16.8. The molecule has 0 radical (unpaired) electrons. The van der Waals surface area contributed by atoms with Crippen molar-refractivity contribution in [2.24, 2.45) is 5.73 Å². The lowest BCUT2D eigenvalue weighted by Crippen LogP contribution is -2.25. The summed E-state index contributed by atoms with van der Waals surface area (Å²) in [5.74, 6) is 0.706. The van der Waals surface area contributed by atoms with Crippen molar-refractivity contribution >= 4 is 17.2 Å². The average molecular weight is 295 g/mol. The second kappa shape index (κ2) is 8.19. The molecule has 1 unspecified atom stereocenters. The molecule has 1 atom stereocenters. The van der Waals surface area contributed by atoms with Gasteiger partial charge in [-0.2, -0.15) is 0 Å². The van der Waals surface area contributed by atoms with E-state index >= 15 is 0 Å². The maximum Gasteiger partial charge on any atom is 0.129 e. The van der Waals surface area contributed by atoms with Crippen LogP contribution in [-0.2, 0) is 9.47 Å². The Morgan fingerprint density at radius 1 is 1.30 bits per heavy atom. The molecule has 0 saturated carbocycles. The highest BCUT2D eigenvalue weighted by Gasteiger charge is 2.13. The van der Waals surface area contributed by atoms with Crippen LogP contribution < -0.4 is 10.5 Å². The minimum Gasteiger partial charge on any atom is -0.490 e. The first kappa shape index (κ1) is 15.2. The number of hydrogen-bond acceptors (Lipinski definition) is 4. The van der Waals surface area contributed by atoms with Crippen molar-refractivity contribution in [1.82, 2.24) is 0 Å². The fourth-order valence-electron chi connectivity index (χ4n) is 2.16. The number of ether oxygens (including phenoxy) is 3. The predicted octanol–water partition coefficient (Wildman–Crippen LogP) is 2.29. The third-order valence-electron chi connectivity index (χ3n) is 3.22. The number of hydrogen-bond donors (Lipinski definition) is 1. The first-order valence-electron chi connectivity index (χ1n) is 6.98. The molecule has 0 aromatic heterocycles. The number of para-hydroxylation sites is 1. The van der Waals surface area contributed by atoms with Gasteiger partial charge in [0.1, 0.15) is 17.3 Å². The molecule has 1 aromatic rings. The summed E-state index contributed by atoms with van der Waals surface area (Å²) in [6.07, 6.45) is 3.72. The van der Waals surface area contributed by atoms with Crippen LogP contribution in [0.5, 0.6) is 5.75 Å². The van der Waals surface area contributed by atoms with E-state index in [2.05, 4.69) is 0 Å². The molecular formula is C15H21NO3S. The Bertz CT molecular complexity index is 433. The van der Waals surface area contributed by atoms with E-state index < -0.39 is 0 Å². The molecule has 1 aliphatic heterocycles. The standard InChI is InChI=1S/C15H21NO3S/c16-15(20)13-6-1-2-7-14(13)19-10-9-17-11-12-5-3-4-8-18-12/h1-2,6-7,12H,3-5,8-11H2,(H2,16,20). The number of benzene rings is 1. The lowest BCUT2D eigenvalue weighted by molar-refractivity contribution is -0.0444. The van der Waals surface area contributed by atoms with E-state index in [1.54, 1.807) is 0 Å². The van der Waals surface area contributed by atoms with Crippen LogP contribution in [-0.4, -0.2) is 37.5 Å². The van der Waals surface area contributed by atoms with Crippen molar-refractivity contribution in [1.29, 1.82) is 0 Å². The first-order valence-corrected chi connectivity index (χ1v) is 7.39.